The first-order valence-corrected chi connectivity index (χ1v) is 21.0. The van der Waals surface area contributed by atoms with Crippen molar-refractivity contribution in [3.8, 4) is 11.1 Å². The number of ether oxygens (including phenoxy) is 12. The van der Waals surface area contributed by atoms with E-state index in [-0.39, 0.29) is 37.0 Å². The quantitative estimate of drug-likeness (QED) is 0.0714. The first kappa shape index (κ1) is 49.8. The molecule has 0 unspecified atom stereocenters. The van der Waals surface area contributed by atoms with Gasteiger partial charge in [0.05, 0.1) is 152 Å². The number of benzene rings is 2. The molecule has 2 aromatic carbocycles. The van der Waals surface area contributed by atoms with E-state index < -0.39 is 0 Å². The fourth-order valence-electron chi connectivity index (χ4n) is 6.11. The Morgan fingerprint density at radius 2 is 0.787 bits per heavy atom. The average Bonchev–Trinajstić information content (AvgIpc) is 3.78. The molecule has 0 aromatic heterocycles. The van der Waals surface area contributed by atoms with Crippen molar-refractivity contribution in [2.24, 2.45) is 0 Å². The van der Waals surface area contributed by atoms with Crippen molar-refractivity contribution in [1.29, 1.82) is 0 Å². The molecule has 2 aliphatic rings. The number of imide groups is 1. The van der Waals surface area contributed by atoms with Gasteiger partial charge in [-0.25, -0.2) is 4.79 Å². The van der Waals surface area contributed by atoms with Crippen molar-refractivity contribution in [3.05, 3.63) is 71.8 Å². The second-order valence-corrected chi connectivity index (χ2v) is 13.6. The number of amides is 3. The fourth-order valence-corrected chi connectivity index (χ4v) is 6.11. The third-order valence-corrected chi connectivity index (χ3v) is 9.30. The van der Waals surface area contributed by atoms with Gasteiger partial charge in [0.2, 0.25) is 0 Å². The van der Waals surface area contributed by atoms with E-state index in [2.05, 4.69) is 24.3 Å². The highest BCUT2D eigenvalue weighted by Crippen LogP contribution is 2.44. The molecule has 0 fully saturated rings. The SMILES string of the molecule is CN(CCOCCOCCOCCOCCOCCOCCOCCOCCOCCOCCOCCN1C(=O)C=CC1=O)C(=O)OCC1c2ccccc2-c2ccccc21. The van der Waals surface area contributed by atoms with Crippen LogP contribution in [0.5, 0.6) is 0 Å². The van der Waals surface area contributed by atoms with Crippen LogP contribution in [-0.2, 0) is 66.4 Å². The molecule has 3 amide bonds. The summed E-state index contributed by atoms with van der Waals surface area (Å²) in [4.78, 5) is 38.2. The number of hydrogen-bond donors (Lipinski definition) is 0. The lowest BCUT2D eigenvalue weighted by Gasteiger charge is -2.19. The third-order valence-electron chi connectivity index (χ3n) is 9.30. The van der Waals surface area contributed by atoms with Crippen LogP contribution in [0, 0.1) is 0 Å². The predicted molar refractivity (Wildman–Crippen MR) is 223 cm³/mol. The van der Waals surface area contributed by atoms with Crippen LogP contribution in [-0.4, -0.2) is 200 Å². The average molecular weight is 861 g/mol. The summed E-state index contributed by atoms with van der Waals surface area (Å²) >= 11 is 0. The molecule has 0 saturated carbocycles. The number of carbonyl (C=O) groups excluding carboxylic acids is 3. The van der Waals surface area contributed by atoms with Gasteiger partial charge in [-0.15, -0.1) is 0 Å². The van der Waals surface area contributed by atoms with Gasteiger partial charge < -0.3 is 61.7 Å². The van der Waals surface area contributed by atoms with E-state index in [1.165, 1.54) is 39.3 Å². The molecule has 340 valence electrons. The van der Waals surface area contributed by atoms with Gasteiger partial charge in [-0.3, -0.25) is 14.5 Å². The van der Waals surface area contributed by atoms with Gasteiger partial charge in [0, 0.05) is 31.7 Å². The second-order valence-electron chi connectivity index (χ2n) is 13.6. The normalized spacial score (nSPS) is 13.4. The maximum Gasteiger partial charge on any atom is 0.409 e. The van der Waals surface area contributed by atoms with Crippen molar-refractivity contribution in [2.45, 2.75) is 5.92 Å². The zero-order valence-corrected chi connectivity index (χ0v) is 35.5. The van der Waals surface area contributed by atoms with Gasteiger partial charge in [0.1, 0.15) is 6.61 Å². The van der Waals surface area contributed by atoms with Crippen molar-refractivity contribution in [3.63, 3.8) is 0 Å². The molecule has 1 aliphatic heterocycles. The van der Waals surface area contributed by atoms with Gasteiger partial charge in [-0.05, 0) is 22.3 Å². The molecule has 1 aliphatic carbocycles. The molecule has 0 spiro atoms. The summed E-state index contributed by atoms with van der Waals surface area (Å²) in [7, 11) is 1.71. The van der Waals surface area contributed by atoms with Crippen LogP contribution in [0.25, 0.3) is 11.1 Å². The van der Waals surface area contributed by atoms with Crippen molar-refractivity contribution in [1.82, 2.24) is 9.80 Å². The highest BCUT2D eigenvalue weighted by molar-refractivity contribution is 6.12. The summed E-state index contributed by atoms with van der Waals surface area (Å²) in [5.74, 6) is -0.590. The second kappa shape index (κ2) is 31.9. The lowest BCUT2D eigenvalue weighted by atomic mass is 9.98. The lowest BCUT2D eigenvalue weighted by Crippen LogP contribution is -2.33. The molecule has 17 nitrogen and oxygen atoms in total. The van der Waals surface area contributed by atoms with Gasteiger partial charge in [0.25, 0.3) is 11.8 Å². The van der Waals surface area contributed by atoms with Crippen LogP contribution in [0.3, 0.4) is 0 Å². The van der Waals surface area contributed by atoms with Crippen LogP contribution < -0.4 is 0 Å². The Hall–Kier alpha value is -3.85. The molecule has 0 bridgehead atoms. The van der Waals surface area contributed by atoms with Gasteiger partial charge in [-0.1, -0.05) is 48.5 Å². The van der Waals surface area contributed by atoms with Crippen LogP contribution >= 0.6 is 0 Å². The number of carbonyl (C=O) groups is 3. The Kier molecular flexibility index (Phi) is 26.1. The van der Waals surface area contributed by atoms with Crippen LogP contribution in [0.2, 0.25) is 0 Å². The Balaban J connectivity index is 0.781. The Morgan fingerprint density at radius 3 is 1.15 bits per heavy atom. The zero-order chi connectivity index (χ0) is 43.0. The van der Waals surface area contributed by atoms with Crippen molar-refractivity contribution < 1.29 is 71.2 Å². The summed E-state index contributed by atoms with van der Waals surface area (Å²) < 4.78 is 66.1. The van der Waals surface area contributed by atoms with E-state index >= 15 is 0 Å². The minimum Gasteiger partial charge on any atom is -0.448 e. The van der Waals surface area contributed by atoms with E-state index in [1.807, 2.05) is 24.3 Å². The number of rotatable bonds is 38. The van der Waals surface area contributed by atoms with E-state index in [0.29, 0.717) is 152 Å². The molecular weight excluding hydrogens is 796 g/mol. The van der Waals surface area contributed by atoms with Gasteiger partial charge in [0.15, 0.2) is 0 Å². The van der Waals surface area contributed by atoms with E-state index in [4.69, 9.17) is 56.8 Å². The lowest BCUT2D eigenvalue weighted by molar-refractivity contribution is -0.137. The Morgan fingerprint density at radius 1 is 0.475 bits per heavy atom. The highest BCUT2D eigenvalue weighted by Gasteiger charge is 2.29. The number of fused-ring (bicyclic) bond motifs is 3. The Bertz CT molecular complexity index is 1480. The molecular formula is C44H64N2O15. The minimum absolute atomic E-state index is 0.0316. The molecule has 17 heteroatoms. The molecule has 0 radical (unpaired) electrons. The monoisotopic (exact) mass is 860 g/mol. The summed E-state index contributed by atoms with van der Waals surface area (Å²) in [6, 6.07) is 16.6. The van der Waals surface area contributed by atoms with Crippen molar-refractivity contribution >= 4 is 17.9 Å². The van der Waals surface area contributed by atoms with Crippen LogP contribution in [0.4, 0.5) is 4.79 Å². The van der Waals surface area contributed by atoms with Crippen molar-refractivity contribution in [2.75, 3.05) is 172 Å². The first-order chi connectivity index (χ1) is 30.1. The maximum atomic E-state index is 12.6. The van der Waals surface area contributed by atoms with Crippen LogP contribution in [0.15, 0.2) is 60.7 Å². The maximum absolute atomic E-state index is 12.6. The number of hydrogen-bond acceptors (Lipinski definition) is 15. The highest BCUT2D eigenvalue weighted by atomic mass is 16.6. The first-order valence-electron chi connectivity index (χ1n) is 21.0. The number of likely N-dealkylation sites (N-methyl/N-ethyl adjacent to an activating group) is 1. The molecule has 1 heterocycles. The zero-order valence-electron chi connectivity index (χ0n) is 35.5. The molecule has 0 saturated heterocycles. The fraction of sp³-hybridized carbons (Fsp3) is 0.614. The van der Waals surface area contributed by atoms with Gasteiger partial charge in [-0.2, -0.15) is 0 Å². The van der Waals surface area contributed by atoms with E-state index in [0.717, 1.165) is 4.90 Å². The Labute approximate surface area is 359 Å². The largest absolute Gasteiger partial charge is 0.448 e. The standard InChI is InChI=1S/C44H64N2O15/c1-45(44(49)61-36-41-39-8-4-2-6-37(39)38-7-3-5-9-40(38)41)12-14-50-16-18-52-20-22-54-24-26-56-28-30-58-32-34-60-35-33-59-31-29-57-27-25-55-23-21-53-19-17-51-15-13-46-42(47)10-11-43(46)48/h2-11,41H,12-36H2,1H3. The molecule has 61 heavy (non-hydrogen) atoms. The smallest absolute Gasteiger partial charge is 0.409 e. The number of nitrogens with zero attached hydrogens (tertiary/aromatic N) is 2. The summed E-state index contributed by atoms with van der Waals surface area (Å²) in [6.07, 6.45) is 2.14. The van der Waals surface area contributed by atoms with E-state index in [9.17, 15) is 14.4 Å². The summed E-state index contributed by atoms with van der Waals surface area (Å²) in [5, 5.41) is 0. The molecule has 0 atom stereocenters. The summed E-state index contributed by atoms with van der Waals surface area (Å²) in [6.45, 7) is 10.7. The van der Waals surface area contributed by atoms with Gasteiger partial charge >= 0.3 is 6.09 Å². The molecule has 2 aromatic rings. The summed E-state index contributed by atoms with van der Waals surface area (Å²) in [5.41, 5.74) is 4.78. The van der Waals surface area contributed by atoms with Crippen LogP contribution in [0.1, 0.15) is 17.0 Å². The topological polar surface area (TPSA) is 168 Å². The minimum atomic E-state index is -0.371. The predicted octanol–water partition coefficient (Wildman–Crippen LogP) is 2.97. The van der Waals surface area contributed by atoms with E-state index in [1.54, 1.807) is 7.05 Å². The molecule has 0 N–H and O–H groups in total. The molecule has 4 rings (SSSR count). The third kappa shape index (κ3) is 20.3.